The number of Topliss-reactive ketones (excluding diaryl/α,β-unsaturated/α-hetero) is 1. The van der Waals surface area contributed by atoms with Gasteiger partial charge in [0.25, 0.3) is 5.91 Å². The molecule has 3 rings (SSSR count). The average Bonchev–Trinajstić information content (AvgIpc) is 2.18. The molecule has 1 aliphatic carbocycles. The number of hydrogen-bond donors (Lipinski definition) is 1. The zero-order chi connectivity index (χ0) is 11.3. The predicted octanol–water partition coefficient (Wildman–Crippen LogP) is 1.88. The van der Waals surface area contributed by atoms with Gasteiger partial charge in [-0.1, -0.05) is 15.9 Å². The van der Waals surface area contributed by atoms with Gasteiger partial charge in [0.05, 0.1) is 18.5 Å². The Morgan fingerprint density at radius 3 is 2.75 bits per heavy atom. The maximum Gasteiger partial charge on any atom is 0.269 e. The van der Waals surface area contributed by atoms with Crippen molar-refractivity contribution in [2.75, 3.05) is 5.32 Å². The van der Waals surface area contributed by atoms with Crippen LogP contribution < -0.4 is 10.1 Å². The zero-order valence-corrected chi connectivity index (χ0v) is 9.83. The van der Waals surface area contributed by atoms with Crippen molar-refractivity contribution in [3.63, 3.8) is 0 Å². The Labute approximate surface area is 100 Å². The third-order valence-electron chi connectivity index (χ3n) is 2.88. The number of ketones is 1. The highest BCUT2D eigenvalue weighted by Gasteiger charge is 2.54. The first-order valence-corrected chi connectivity index (χ1v) is 5.70. The van der Waals surface area contributed by atoms with Gasteiger partial charge in [0, 0.05) is 4.47 Å². The van der Waals surface area contributed by atoms with Crippen LogP contribution in [0, 0.1) is 0 Å². The molecule has 1 aromatic rings. The summed E-state index contributed by atoms with van der Waals surface area (Å²) in [5.74, 6) is 0.456. The average molecular weight is 282 g/mol. The minimum atomic E-state index is -0.953. The quantitative estimate of drug-likeness (QED) is 0.790. The molecule has 0 bridgehead atoms. The van der Waals surface area contributed by atoms with E-state index in [0.717, 1.165) is 4.47 Å². The van der Waals surface area contributed by atoms with E-state index in [0.29, 0.717) is 11.4 Å². The molecule has 1 saturated carbocycles. The lowest BCUT2D eigenvalue weighted by molar-refractivity contribution is -0.152. The molecular formula is C11H8BrNO3. The third kappa shape index (κ3) is 1.28. The fraction of sp³-hybridized carbons (Fsp3) is 0.273. The monoisotopic (exact) mass is 281 g/mol. The van der Waals surface area contributed by atoms with Gasteiger partial charge >= 0.3 is 0 Å². The van der Waals surface area contributed by atoms with Crippen LogP contribution in [0.4, 0.5) is 5.69 Å². The summed E-state index contributed by atoms with van der Waals surface area (Å²) in [6.07, 6.45) is 0.343. The fourth-order valence-corrected chi connectivity index (χ4v) is 2.33. The van der Waals surface area contributed by atoms with Gasteiger partial charge in [-0.3, -0.25) is 9.59 Å². The number of nitrogens with one attached hydrogen (secondary N) is 1. The highest BCUT2D eigenvalue weighted by molar-refractivity contribution is 9.10. The maximum absolute atomic E-state index is 11.8. The number of fused-ring (bicyclic) bond motifs is 1. The van der Waals surface area contributed by atoms with Crippen molar-refractivity contribution in [3.05, 3.63) is 22.7 Å². The maximum atomic E-state index is 11.8. The lowest BCUT2D eigenvalue weighted by Crippen LogP contribution is -2.59. The van der Waals surface area contributed by atoms with Gasteiger partial charge in [-0.25, -0.2) is 0 Å². The molecule has 82 valence electrons. The number of ether oxygens (including phenoxy) is 1. The molecular weight excluding hydrogens is 274 g/mol. The van der Waals surface area contributed by atoms with Gasteiger partial charge in [-0.05, 0) is 18.2 Å². The van der Waals surface area contributed by atoms with E-state index in [1.54, 1.807) is 12.1 Å². The van der Waals surface area contributed by atoms with Crippen LogP contribution in [0.5, 0.6) is 5.75 Å². The topological polar surface area (TPSA) is 55.4 Å². The molecule has 0 unspecified atom stereocenters. The Morgan fingerprint density at radius 2 is 2.06 bits per heavy atom. The predicted molar refractivity (Wildman–Crippen MR) is 60.4 cm³/mol. The van der Waals surface area contributed by atoms with E-state index in [1.807, 2.05) is 6.07 Å². The van der Waals surface area contributed by atoms with Gasteiger partial charge in [-0.15, -0.1) is 0 Å². The van der Waals surface area contributed by atoms with Crippen LogP contribution in [0.2, 0.25) is 0 Å². The molecule has 2 aliphatic rings. The number of halogens is 1. The van der Waals surface area contributed by atoms with E-state index in [1.165, 1.54) is 0 Å². The molecule has 4 nitrogen and oxygen atoms in total. The van der Waals surface area contributed by atoms with Crippen LogP contribution in [0.3, 0.4) is 0 Å². The number of rotatable bonds is 0. The van der Waals surface area contributed by atoms with E-state index in [-0.39, 0.29) is 24.5 Å². The molecule has 1 fully saturated rings. The van der Waals surface area contributed by atoms with Crippen molar-refractivity contribution < 1.29 is 14.3 Å². The largest absolute Gasteiger partial charge is 0.474 e. The second-order valence-electron chi connectivity index (χ2n) is 4.08. The molecule has 16 heavy (non-hydrogen) atoms. The first kappa shape index (κ1) is 9.84. The second-order valence-corrected chi connectivity index (χ2v) is 5.00. The highest BCUT2D eigenvalue weighted by Crippen LogP contribution is 2.42. The summed E-state index contributed by atoms with van der Waals surface area (Å²) in [4.78, 5) is 22.8. The van der Waals surface area contributed by atoms with Gasteiger partial charge < -0.3 is 10.1 Å². The van der Waals surface area contributed by atoms with Gasteiger partial charge in [0.2, 0.25) is 5.60 Å². The molecule has 1 aromatic carbocycles. The van der Waals surface area contributed by atoms with Crippen molar-refractivity contribution >= 4 is 33.3 Å². The molecule has 1 heterocycles. The molecule has 5 heteroatoms. The van der Waals surface area contributed by atoms with Gasteiger partial charge in [0.1, 0.15) is 11.5 Å². The van der Waals surface area contributed by atoms with E-state index in [2.05, 4.69) is 21.2 Å². The van der Waals surface area contributed by atoms with Crippen LogP contribution in [0.1, 0.15) is 12.8 Å². The molecule has 0 aromatic heterocycles. The van der Waals surface area contributed by atoms with Crippen LogP contribution >= 0.6 is 15.9 Å². The van der Waals surface area contributed by atoms with Crippen LogP contribution in [0.25, 0.3) is 0 Å². The molecule has 1 N–H and O–H groups in total. The minimum absolute atomic E-state index is 0.0635. The lowest BCUT2D eigenvalue weighted by atomic mass is 9.77. The zero-order valence-electron chi connectivity index (χ0n) is 8.25. The molecule has 0 saturated heterocycles. The van der Waals surface area contributed by atoms with Gasteiger partial charge in [-0.2, -0.15) is 0 Å². The third-order valence-corrected chi connectivity index (χ3v) is 3.37. The van der Waals surface area contributed by atoms with Crippen LogP contribution in [0.15, 0.2) is 22.7 Å². The molecule has 1 amide bonds. The number of amides is 1. The normalized spacial score (nSPS) is 20.8. The van der Waals surface area contributed by atoms with Crippen molar-refractivity contribution in [2.24, 2.45) is 0 Å². The van der Waals surface area contributed by atoms with Crippen molar-refractivity contribution in [2.45, 2.75) is 18.4 Å². The Kier molecular flexibility index (Phi) is 1.89. The Balaban J connectivity index is 2.00. The van der Waals surface area contributed by atoms with E-state index < -0.39 is 5.60 Å². The molecule has 1 spiro atoms. The summed E-state index contributed by atoms with van der Waals surface area (Å²) in [6.45, 7) is 0. The van der Waals surface area contributed by atoms with Crippen molar-refractivity contribution in [3.8, 4) is 5.75 Å². The number of anilines is 1. The van der Waals surface area contributed by atoms with Crippen LogP contribution in [-0.4, -0.2) is 17.3 Å². The first-order valence-electron chi connectivity index (χ1n) is 4.91. The summed E-state index contributed by atoms with van der Waals surface area (Å²) in [5.41, 5.74) is -0.302. The minimum Gasteiger partial charge on any atom is -0.474 e. The molecule has 0 radical (unpaired) electrons. The van der Waals surface area contributed by atoms with Crippen molar-refractivity contribution in [1.29, 1.82) is 0 Å². The van der Waals surface area contributed by atoms with Gasteiger partial charge in [0.15, 0.2) is 0 Å². The SMILES string of the molecule is O=C1CC2(C1)Oc1cc(Br)ccc1NC2=O. The number of carbonyl (C=O) groups excluding carboxylic acids is 2. The summed E-state index contributed by atoms with van der Waals surface area (Å²) in [5, 5.41) is 2.76. The Hall–Kier alpha value is -1.36. The van der Waals surface area contributed by atoms with E-state index in [4.69, 9.17) is 4.74 Å². The lowest BCUT2D eigenvalue weighted by Gasteiger charge is -2.42. The summed E-state index contributed by atoms with van der Waals surface area (Å²) in [7, 11) is 0. The standard InChI is InChI=1S/C11H8BrNO3/c12-6-1-2-8-9(3-6)16-11(10(15)13-8)4-7(14)5-11/h1-3H,4-5H2,(H,13,15). The first-order chi connectivity index (χ1) is 7.59. The smallest absolute Gasteiger partial charge is 0.269 e. The number of hydrogen-bond acceptors (Lipinski definition) is 3. The van der Waals surface area contributed by atoms with Crippen molar-refractivity contribution in [1.82, 2.24) is 0 Å². The molecule has 1 aliphatic heterocycles. The fourth-order valence-electron chi connectivity index (χ4n) is 1.99. The number of carbonyl (C=O) groups is 2. The Morgan fingerprint density at radius 1 is 1.31 bits per heavy atom. The molecule has 0 atom stereocenters. The summed E-state index contributed by atoms with van der Waals surface area (Å²) >= 11 is 3.34. The number of benzene rings is 1. The summed E-state index contributed by atoms with van der Waals surface area (Å²) < 4.78 is 6.53. The summed E-state index contributed by atoms with van der Waals surface area (Å²) in [6, 6.07) is 5.39. The van der Waals surface area contributed by atoms with E-state index >= 15 is 0 Å². The van der Waals surface area contributed by atoms with Crippen LogP contribution in [-0.2, 0) is 9.59 Å². The highest BCUT2D eigenvalue weighted by atomic mass is 79.9. The Bertz CT molecular complexity index is 504. The van der Waals surface area contributed by atoms with E-state index in [9.17, 15) is 9.59 Å². The second kappa shape index (κ2) is 3.07.